The third-order valence-corrected chi connectivity index (χ3v) is 3.72. The molecule has 2 heterocycles. The van der Waals surface area contributed by atoms with Crippen LogP contribution >= 0.6 is 11.3 Å². The summed E-state index contributed by atoms with van der Waals surface area (Å²) < 4.78 is 4.78. The van der Waals surface area contributed by atoms with E-state index in [9.17, 15) is 9.59 Å². The van der Waals surface area contributed by atoms with Gasteiger partial charge in [-0.25, -0.2) is 9.79 Å². The molecule has 0 saturated carbocycles. The van der Waals surface area contributed by atoms with Crippen LogP contribution in [0.2, 0.25) is 0 Å². The molecule has 0 atom stereocenters. The molecule has 2 rings (SSSR count). The molecule has 7 heteroatoms. The number of carbonyl (C=O) groups excluding carboxylic acids is 1. The topological polar surface area (TPSA) is 74.8 Å². The first-order valence-corrected chi connectivity index (χ1v) is 6.71. The quantitative estimate of drug-likeness (QED) is 0.533. The molecule has 2 aromatic rings. The lowest BCUT2D eigenvalue weighted by Gasteiger charge is -2.04. The number of hydrogen-bond acceptors (Lipinski definition) is 5. The minimum Gasteiger partial charge on any atom is -0.465 e. The highest BCUT2D eigenvalue weighted by Gasteiger charge is 2.20. The summed E-state index contributed by atoms with van der Waals surface area (Å²) in [7, 11) is 5.00. The molecule has 20 heavy (non-hydrogen) atoms. The normalized spacial score (nSPS) is 11.2. The molecule has 0 aliphatic carbocycles. The zero-order valence-corrected chi connectivity index (χ0v) is 12.5. The molecule has 0 radical (unpaired) electrons. The summed E-state index contributed by atoms with van der Waals surface area (Å²) in [4.78, 5) is 33.2. The second-order valence-corrected chi connectivity index (χ2v) is 5.52. The largest absolute Gasteiger partial charge is 0.465 e. The van der Waals surface area contributed by atoms with Gasteiger partial charge in [0.25, 0.3) is 0 Å². The molecule has 0 spiro atoms. The number of methoxy groups -OCH3 is 1. The number of aryl methyl sites for hydroxylation is 1. The number of nitrogens with zero attached hydrogens (tertiary/aromatic N) is 2. The smallest absolute Gasteiger partial charge is 0.350 e. The van der Waals surface area contributed by atoms with Gasteiger partial charge in [-0.2, -0.15) is 0 Å². The highest BCUT2D eigenvalue weighted by atomic mass is 32.1. The van der Waals surface area contributed by atoms with E-state index >= 15 is 0 Å². The van der Waals surface area contributed by atoms with E-state index in [1.165, 1.54) is 24.5 Å². The molecule has 0 aromatic carbocycles. The zero-order chi connectivity index (χ0) is 14.9. The predicted octanol–water partition coefficient (Wildman–Crippen LogP) is 1.91. The standard InChI is InChI=1S/C13H15N3O3S/c1-7-5-8(17)15-12-9(7)10(14-6-16(2)3)11(20-12)13(18)19-4/h5-6H,1-4H3,(H,15,17). The van der Waals surface area contributed by atoms with E-state index in [0.29, 0.717) is 15.4 Å². The SMILES string of the molecule is COC(=O)c1sc2[nH]c(=O)cc(C)c2c1N=CN(C)C. The van der Waals surface area contributed by atoms with Crippen molar-refractivity contribution in [2.24, 2.45) is 4.99 Å². The van der Waals surface area contributed by atoms with Gasteiger partial charge in [-0.15, -0.1) is 11.3 Å². The number of carbonyl (C=O) groups is 1. The van der Waals surface area contributed by atoms with Crippen molar-refractivity contribution in [2.75, 3.05) is 21.2 Å². The Morgan fingerprint density at radius 3 is 2.80 bits per heavy atom. The van der Waals surface area contributed by atoms with E-state index in [1.54, 1.807) is 11.2 Å². The average molecular weight is 293 g/mol. The summed E-state index contributed by atoms with van der Waals surface area (Å²) in [6, 6.07) is 1.49. The van der Waals surface area contributed by atoms with Crippen LogP contribution in [0.25, 0.3) is 10.2 Å². The molecular formula is C13H15N3O3S. The Bertz CT molecular complexity index is 743. The molecule has 0 fully saturated rings. The second-order valence-electron chi connectivity index (χ2n) is 4.50. The summed E-state index contributed by atoms with van der Waals surface area (Å²) in [5.41, 5.74) is 1.11. The molecule has 0 aliphatic rings. The number of H-pyrrole nitrogens is 1. The number of aromatic nitrogens is 1. The first-order chi connectivity index (χ1) is 9.43. The Labute approximate surface area is 119 Å². The van der Waals surface area contributed by atoms with Gasteiger partial charge >= 0.3 is 5.97 Å². The number of ether oxygens (including phenoxy) is 1. The zero-order valence-electron chi connectivity index (χ0n) is 11.7. The van der Waals surface area contributed by atoms with Crippen molar-refractivity contribution in [2.45, 2.75) is 6.92 Å². The second kappa shape index (κ2) is 5.46. The first kappa shape index (κ1) is 14.3. The van der Waals surface area contributed by atoms with E-state index in [-0.39, 0.29) is 5.56 Å². The van der Waals surface area contributed by atoms with Crippen LogP contribution in [0, 0.1) is 6.92 Å². The fraction of sp³-hybridized carbons (Fsp3) is 0.308. The minimum atomic E-state index is -0.461. The van der Waals surface area contributed by atoms with Gasteiger partial charge in [0.1, 0.15) is 9.71 Å². The van der Waals surface area contributed by atoms with E-state index < -0.39 is 5.97 Å². The molecular weight excluding hydrogens is 278 g/mol. The van der Waals surface area contributed by atoms with Gasteiger partial charge < -0.3 is 14.6 Å². The maximum atomic E-state index is 11.9. The van der Waals surface area contributed by atoms with Crippen LogP contribution in [0.4, 0.5) is 5.69 Å². The Morgan fingerprint density at radius 2 is 2.20 bits per heavy atom. The molecule has 2 aromatic heterocycles. The van der Waals surface area contributed by atoms with Gasteiger partial charge in [-0.05, 0) is 12.5 Å². The van der Waals surface area contributed by atoms with Gasteiger partial charge in [0.2, 0.25) is 5.56 Å². The molecule has 0 unspecified atom stereocenters. The summed E-state index contributed by atoms with van der Waals surface area (Å²) in [5, 5.41) is 0.771. The van der Waals surface area contributed by atoms with Crippen LogP contribution in [0.3, 0.4) is 0 Å². The Hall–Kier alpha value is -2.15. The van der Waals surface area contributed by atoms with Gasteiger partial charge in [0, 0.05) is 25.5 Å². The molecule has 1 N–H and O–H groups in total. The molecule has 0 amide bonds. The van der Waals surface area contributed by atoms with Crippen molar-refractivity contribution in [3.63, 3.8) is 0 Å². The van der Waals surface area contributed by atoms with Crippen LogP contribution in [-0.2, 0) is 4.74 Å². The van der Waals surface area contributed by atoms with Crippen LogP contribution in [0.15, 0.2) is 15.9 Å². The Balaban J connectivity index is 2.78. The summed E-state index contributed by atoms with van der Waals surface area (Å²) in [5.74, 6) is -0.461. The highest BCUT2D eigenvalue weighted by molar-refractivity contribution is 7.21. The lowest BCUT2D eigenvalue weighted by atomic mass is 10.2. The number of aliphatic imine (C=N–C) groups is 1. The molecule has 0 saturated heterocycles. The van der Waals surface area contributed by atoms with Crippen molar-refractivity contribution in [1.82, 2.24) is 9.88 Å². The highest BCUT2D eigenvalue weighted by Crippen LogP contribution is 2.38. The maximum Gasteiger partial charge on any atom is 0.350 e. The number of hydrogen-bond donors (Lipinski definition) is 1. The predicted molar refractivity (Wildman–Crippen MR) is 80.4 cm³/mol. The van der Waals surface area contributed by atoms with Crippen LogP contribution < -0.4 is 5.56 Å². The third-order valence-electron chi connectivity index (χ3n) is 2.65. The number of pyridine rings is 1. The third kappa shape index (κ3) is 2.57. The summed E-state index contributed by atoms with van der Waals surface area (Å²) in [6.45, 7) is 1.82. The molecule has 0 bridgehead atoms. The molecule has 6 nitrogen and oxygen atoms in total. The number of fused-ring (bicyclic) bond motifs is 1. The van der Waals surface area contributed by atoms with Crippen molar-refractivity contribution in [3.05, 3.63) is 26.9 Å². The van der Waals surface area contributed by atoms with Crippen LogP contribution in [0.1, 0.15) is 15.2 Å². The van der Waals surface area contributed by atoms with E-state index in [4.69, 9.17) is 4.74 Å². The average Bonchev–Trinajstić information content (AvgIpc) is 2.73. The number of rotatable bonds is 3. The Kier molecular flexibility index (Phi) is 3.89. The van der Waals surface area contributed by atoms with Crippen molar-refractivity contribution < 1.29 is 9.53 Å². The van der Waals surface area contributed by atoms with Gasteiger partial charge in [0.05, 0.1) is 19.1 Å². The number of thiophene rings is 1. The number of aromatic amines is 1. The van der Waals surface area contributed by atoms with E-state index in [1.807, 2.05) is 21.0 Å². The van der Waals surface area contributed by atoms with Crippen LogP contribution in [-0.4, -0.2) is 43.4 Å². The first-order valence-electron chi connectivity index (χ1n) is 5.89. The summed E-state index contributed by atoms with van der Waals surface area (Å²) >= 11 is 1.17. The van der Waals surface area contributed by atoms with Crippen molar-refractivity contribution in [1.29, 1.82) is 0 Å². The maximum absolute atomic E-state index is 11.9. The Morgan fingerprint density at radius 1 is 1.50 bits per heavy atom. The molecule has 106 valence electrons. The monoisotopic (exact) mass is 293 g/mol. The number of nitrogens with one attached hydrogen (secondary N) is 1. The van der Waals surface area contributed by atoms with Crippen LogP contribution in [0.5, 0.6) is 0 Å². The fourth-order valence-electron chi connectivity index (χ4n) is 1.82. The molecule has 0 aliphatic heterocycles. The van der Waals surface area contributed by atoms with Crippen molar-refractivity contribution >= 4 is 39.5 Å². The summed E-state index contributed by atoms with van der Waals surface area (Å²) in [6.07, 6.45) is 1.61. The van der Waals surface area contributed by atoms with E-state index in [0.717, 1.165) is 10.9 Å². The van der Waals surface area contributed by atoms with E-state index in [2.05, 4.69) is 9.98 Å². The minimum absolute atomic E-state index is 0.198. The lowest BCUT2D eigenvalue weighted by molar-refractivity contribution is 0.0607. The van der Waals surface area contributed by atoms with Gasteiger partial charge in [-0.1, -0.05) is 0 Å². The fourth-order valence-corrected chi connectivity index (χ4v) is 2.95. The van der Waals surface area contributed by atoms with Gasteiger partial charge in [-0.3, -0.25) is 4.79 Å². The number of esters is 1. The van der Waals surface area contributed by atoms with Crippen molar-refractivity contribution in [3.8, 4) is 0 Å². The lowest BCUT2D eigenvalue weighted by Crippen LogP contribution is -2.07. The van der Waals surface area contributed by atoms with Gasteiger partial charge in [0.15, 0.2) is 0 Å².